The van der Waals surface area contributed by atoms with Gasteiger partial charge < -0.3 is 24.0 Å². The molecule has 0 unspecified atom stereocenters. The van der Waals surface area contributed by atoms with Gasteiger partial charge in [-0.3, -0.25) is 0 Å². The molecule has 0 radical (unpaired) electrons. The molecule has 2 heteroatoms. The third-order valence-corrected chi connectivity index (χ3v) is 4.21. The predicted octanol–water partition coefficient (Wildman–Crippen LogP) is -0.631. The molecule has 0 amide bonds. The average molecular weight is 284 g/mol. The summed E-state index contributed by atoms with van der Waals surface area (Å²) in [6, 6.07) is 0. The molecule has 0 aromatic heterocycles. The first-order chi connectivity index (χ1) is 4.79. The van der Waals surface area contributed by atoms with Crippen LogP contribution in [0, 0.1) is 0 Å². The Morgan fingerprint density at radius 1 is 1.27 bits per heavy atom. The van der Waals surface area contributed by atoms with Crippen molar-refractivity contribution in [2.24, 2.45) is 0 Å². The Kier molecular flexibility index (Phi) is 6.82. The SMILES string of the molecule is CC(C)=CC[S+]1CCCC1.[I-]. The van der Waals surface area contributed by atoms with Gasteiger partial charge in [-0.15, -0.1) is 0 Å². The second-order valence-corrected chi connectivity index (χ2v) is 5.55. The van der Waals surface area contributed by atoms with Crippen molar-refractivity contribution in [3.8, 4) is 0 Å². The molecule has 0 atom stereocenters. The first kappa shape index (κ1) is 11.8. The van der Waals surface area contributed by atoms with Crippen LogP contribution in [-0.2, 0) is 10.9 Å². The molecular formula is C9H17IS. The maximum atomic E-state index is 2.40. The van der Waals surface area contributed by atoms with Gasteiger partial charge in [-0.1, -0.05) is 5.57 Å². The van der Waals surface area contributed by atoms with Crippen molar-refractivity contribution in [3.05, 3.63) is 11.6 Å². The first-order valence-corrected chi connectivity index (χ1v) is 5.79. The van der Waals surface area contributed by atoms with Gasteiger partial charge in [0.15, 0.2) is 0 Å². The Labute approximate surface area is 90.2 Å². The standard InChI is InChI=1S/C9H17S.HI/c1-9(2)5-8-10-6-3-4-7-10;/h5H,3-4,6-8H2,1-2H3;1H/q+1;/p-1. The number of hydrogen-bond acceptors (Lipinski definition) is 0. The van der Waals surface area contributed by atoms with Crippen molar-refractivity contribution < 1.29 is 24.0 Å². The van der Waals surface area contributed by atoms with Crippen LogP contribution >= 0.6 is 0 Å². The van der Waals surface area contributed by atoms with E-state index in [1.54, 1.807) is 0 Å². The Hall–Kier alpha value is 0.820. The fraction of sp³-hybridized carbons (Fsp3) is 0.778. The van der Waals surface area contributed by atoms with Crippen LogP contribution in [-0.4, -0.2) is 17.3 Å². The summed E-state index contributed by atoms with van der Waals surface area (Å²) in [6.45, 7) is 4.39. The second kappa shape index (κ2) is 6.35. The lowest BCUT2D eigenvalue weighted by Gasteiger charge is -1.94. The molecule has 0 nitrogen and oxygen atoms in total. The normalized spacial score (nSPS) is 17.6. The summed E-state index contributed by atoms with van der Waals surface area (Å²) in [7, 11) is 0.776. The molecule has 0 N–H and O–H groups in total. The summed E-state index contributed by atoms with van der Waals surface area (Å²) in [5.41, 5.74) is 1.49. The zero-order chi connectivity index (χ0) is 7.40. The van der Waals surface area contributed by atoms with Crippen LogP contribution in [0.5, 0.6) is 0 Å². The molecule has 0 aromatic rings. The smallest absolute Gasteiger partial charge is 0.126 e. The van der Waals surface area contributed by atoms with Crippen molar-refractivity contribution in [1.82, 2.24) is 0 Å². The molecule has 1 fully saturated rings. The predicted molar refractivity (Wildman–Crippen MR) is 50.6 cm³/mol. The summed E-state index contributed by atoms with van der Waals surface area (Å²) < 4.78 is 0. The molecule has 1 rings (SSSR count). The van der Waals surface area contributed by atoms with Gasteiger partial charge in [-0.2, -0.15) is 0 Å². The van der Waals surface area contributed by atoms with E-state index in [-0.39, 0.29) is 24.0 Å². The summed E-state index contributed by atoms with van der Waals surface area (Å²) in [6.07, 6.45) is 5.37. The lowest BCUT2D eigenvalue weighted by atomic mass is 10.3. The number of allylic oxidation sites excluding steroid dienone is 1. The van der Waals surface area contributed by atoms with Gasteiger partial charge in [0.1, 0.15) is 17.3 Å². The van der Waals surface area contributed by atoms with Gasteiger partial charge in [0.2, 0.25) is 0 Å². The molecule has 1 heterocycles. The molecule has 1 saturated heterocycles. The van der Waals surface area contributed by atoms with E-state index in [0.29, 0.717) is 0 Å². The van der Waals surface area contributed by atoms with Crippen molar-refractivity contribution in [2.45, 2.75) is 26.7 Å². The highest BCUT2D eigenvalue weighted by atomic mass is 127. The van der Waals surface area contributed by atoms with Gasteiger partial charge in [-0.05, 0) is 43.7 Å². The van der Waals surface area contributed by atoms with Crippen LogP contribution in [0.25, 0.3) is 0 Å². The van der Waals surface area contributed by atoms with Crippen LogP contribution in [0.15, 0.2) is 11.6 Å². The third-order valence-electron chi connectivity index (χ3n) is 1.84. The van der Waals surface area contributed by atoms with Gasteiger partial charge in [0.25, 0.3) is 0 Å². The molecule has 0 saturated carbocycles. The zero-order valence-electron chi connectivity index (χ0n) is 7.40. The van der Waals surface area contributed by atoms with Crippen LogP contribution in [0.2, 0.25) is 0 Å². The Balaban J connectivity index is 0.000001000. The topological polar surface area (TPSA) is 0 Å². The summed E-state index contributed by atoms with van der Waals surface area (Å²) >= 11 is 0. The van der Waals surface area contributed by atoms with Gasteiger partial charge in [0, 0.05) is 0 Å². The number of rotatable bonds is 2. The van der Waals surface area contributed by atoms with E-state index >= 15 is 0 Å². The minimum Gasteiger partial charge on any atom is -1.00 e. The number of halogens is 1. The van der Waals surface area contributed by atoms with Crippen LogP contribution in [0.3, 0.4) is 0 Å². The fourth-order valence-electron chi connectivity index (χ4n) is 1.17. The second-order valence-electron chi connectivity index (χ2n) is 3.18. The molecule has 66 valence electrons. The lowest BCUT2D eigenvalue weighted by Crippen LogP contribution is -3.00. The quantitative estimate of drug-likeness (QED) is 0.360. The molecule has 1 aliphatic heterocycles. The number of hydrogen-bond donors (Lipinski definition) is 0. The first-order valence-electron chi connectivity index (χ1n) is 4.06. The van der Waals surface area contributed by atoms with E-state index in [0.717, 1.165) is 10.9 Å². The minimum atomic E-state index is 0. The monoisotopic (exact) mass is 284 g/mol. The molecular weight excluding hydrogens is 267 g/mol. The largest absolute Gasteiger partial charge is 1.00 e. The van der Waals surface area contributed by atoms with Crippen LogP contribution in [0.4, 0.5) is 0 Å². The van der Waals surface area contributed by atoms with Crippen molar-refractivity contribution >= 4 is 10.9 Å². The Morgan fingerprint density at radius 2 is 1.82 bits per heavy atom. The minimum absolute atomic E-state index is 0. The molecule has 0 aliphatic carbocycles. The highest BCUT2D eigenvalue weighted by Gasteiger charge is 2.21. The molecule has 11 heavy (non-hydrogen) atoms. The van der Waals surface area contributed by atoms with Crippen LogP contribution < -0.4 is 24.0 Å². The van der Waals surface area contributed by atoms with E-state index in [1.807, 2.05) is 0 Å². The lowest BCUT2D eigenvalue weighted by molar-refractivity contribution is -0.00000228. The van der Waals surface area contributed by atoms with E-state index < -0.39 is 0 Å². The van der Waals surface area contributed by atoms with E-state index in [9.17, 15) is 0 Å². The van der Waals surface area contributed by atoms with Crippen LogP contribution in [0.1, 0.15) is 26.7 Å². The Bertz CT molecular complexity index is 122. The van der Waals surface area contributed by atoms with E-state index in [4.69, 9.17) is 0 Å². The molecule has 0 aromatic carbocycles. The van der Waals surface area contributed by atoms with E-state index in [2.05, 4.69) is 19.9 Å². The molecule has 0 bridgehead atoms. The highest BCUT2D eigenvalue weighted by molar-refractivity contribution is 7.97. The van der Waals surface area contributed by atoms with Gasteiger partial charge in [-0.25, -0.2) is 0 Å². The molecule has 0 spiro atoms. The highest BCUT2D eigenvalue weighted by Crippen LogP contribution is 2.13. The van der Waals surface area contributed by atoms with Crippen molar-refractivity contribution in [1.29, 1.82) is 0 Å². The van der Waals surface area contributed by atoms with Crippen molar-refractivity contribution in [3.63, 3.8) is 0 Å². The summed E-state index contributed by atoms with van der Waals surface area (Å²) in [5, 5.41) is 0. The maximum Gasteiger partial charge on any atom is 0.126 e. The van der Waals surface area contributed by atoms with E-state index in [1.165, 1.54) is 35.7 Å². The van der Waals surface area contributed by atoms with Crippen molar-refractivity contribution in [2.75, 3.05) is 17.3 Å². The zero-order valence-corrected chi connectivity index (χ0v) is 10.4. The molecule has 1 aliphatic rings. The van der Waals surface area contributed by atoms with Gasteiger partial charge >= 0.3 is 0 Å². The average Bonchev–Trinajstić information content (AvgIpc) is 2.34. The van der Waals surface area contributed by atoms with Gasteiger partial charge in [0.05, 0.1) is 0 Å². The Morgan fingerprint density at radius 3 is 2.27 bits per heavy atom. The summed E-state index contributed by atoms with van der Waals surface area (Å²) in [4.78, 5) is 0. The fourth-order valence-corrected chi connectivity index (χ4v) is 3.50. The summed E-state index contributed by atoms with van der Waals surface area (Å²) in [5.74, 6) is 4.37. The third kappa shape index (κ3) is 5.12. The maximum absolute atomic E-state index is 2.40.